The number of thiazole rings is 1. The molecule has 4 rings (SSSR count). The highest BCUT2D eigenvalue weighted by Gasteiger charge is 2.27. The molecule has 0 bridgehead atoms. The lowest BCUT2D eigenvalue weighted by molar-refractivity contribution is -0.125. The summed E-state index contributed by atoms with van der Waals surface area (Å²) in [6.07, 6.45) is 4.02. The van der Waals surface area contributed by atoms with E-state index in [1.54, 1.807) is 0 Å². The lowest BCUT2D eigenvalue weighted by Crippen LogP contribution is -2.43. The molecule has 1 unspecified atom stereocenters. The van der Waals surface area contributed by atoms with Crippen molar-refractivity contribution in [2.45, 2.75) is 39.7 Å². The summed E-state index contributed by atoms with van der Waals surface area (Å²) in [7, 11) is 0. The SMILES string of the molecule is CCNC(=O)C1CCCN(c2nc3ncn(CC(=O)Nc4ccc(CC)cc4)c(=O)c3s2)C1. The van der Waals surface area contributed by atoms with Gasteiger partial charge in [0.15, 0.2) is 10.8 Å². The molecule has 0 spiro atoms. The number of carbonyl (C=O) groups excluding carboxylic acids is 2. The zero-order valence-corrected chi connectivity index (χ0v) is 19.7. The minimum atomic E-state index is -0.298. The largest absolute Gasteiger partial charge is 0.356 e. The van der Waals surface area contributed by atoms with Crippen LogP contribution in [0.15, 0.2) is 35.4 Å². The molecule has 1 fully saturated rings. The predicted octanol–water partition coefficient (Wildman–Crippen LogP) is 2.41. The average Bonchev–Trinajstić information content (AvgIpc) is 3.27. The molecule has 1 aliphatic rings. The van der Waals surface area contributed by atoms with E-state index in [9.17, 15) is 14.4 Å². The molecular formula is C23H28N6O3S. The fourth-order valence-corrected chi connectivity index (χ4v) is 4.95. The first-order valence-electron chi connectivity index (χ1n) is 11.3. The van der Waals surface area contributed by atoms with Crippen LogP contribution < -0.4 is 21.1 Å². The van der Waals surface area contributed by atoms with Crippen LogP contribution in [0.4, 0.5) is 10.8 Å². The number of fused-ring (bicyclic) bond motifs is 1. The van der Waals surface area contributed by atoms with Gasteiger partial charge in [-0.05, 0) is 43.9 Å². The molecule has 3 aromatic rings. The average molecular weight is 469 g/mol. The zero-order valence-electron chi connectivity index (χ0n) is 18.8. The molecule has 1 saturated heterocycles. The Morgan fingerprint density at radius 2 is 2.00 bits per heavy atom. The minimum Gasteiger partial charge on any atom is -0.356 e. The number of aryl methyl sites for hydroxylation is 1. The van der Waals surface area contributed by atoms with Crippen LogP contribution in [-0.4, -0.2) is 46.0 Å². The topological polar surface area (TPSA) is 109 Å². The molecule has 3 heterocycles. The van der Waals surface area contributed by atoms with Gasteiger partial charge in [-0.1, -0.05) is 30.4 Å². The van der Waals surface area contributed by atoms with Crippen LogP contribution in [-0.2, 0) is 22.6 Å². The normalized spacial score (nSPS) is 16.1. The van der Waals surface area contributed by atoms with Gasteiger partial charge in [0.05, 0.1) is 5.92 Å². The van der Waals surface area contributed by atoms with Crippen molar-refractivity contribution in [1.29, 1.82) is 0 Å². The van der Waals surface area contributed by atoms with Crippen molar-refractivity contribution in [3.63, 3.8) is 0 Å². The van der Waals surface area contributed by atoms with E-state index in [1.807, 2.05) is 36.1 Å². The minimum absolute atomic E-state index is 0.0548. The maximum atomic E-state index is 13.0. The summed E-state index contributed by atoms with van der Waals surface area (Å²) in [5.41, 5.74) is 1.95. The molecule has 2 N–H and O–H groups in total. The number of rotatable bonds is 7. The molecule has 174 valence electrons. The number of benzene rings is 1. The van der Waals surface area contributed by atoms with E-state index < -0.39 is 0 Å². The maximum Gasteiger partial charge on any atom is 0.273 e. The fourth-order valence-electron chi connectivity index (χ4n) is 3.95. The Balaban J connectivity index is 1.48. The molecule has 33 heavy (non-hydrogen) atoms. The van der Waals surface area contributed by atoms with E-state index in [-0.39, 0.29) is 29.8 Å². The third-order valence-electron chi connectivity index (χ3n) is 5.75. The van der Waals surface area contributed by atoms with Gasteiger partial charge in [-0.25, -0.2) is 4.98 Å². The summed E-state index contributed by atoms with van der Waals surface area (Å²) in [4.78, 5) is 48.6. The van der Waals surface area contributed by atoms with Crippen molar-refractivity contribution in [3.05, 3.63) is 46.5 Å². The third-order valence-corrected chi connectivity index (χ3v) is 6.84. The first kappa shape index (κ1) is 22.9. The summed E-state index contributed by atoms with van der Waals surface area (Å²) < 4.78 is 1.71. The predicted molar refractivity (Wildman–Crippen MR) is 130 cm³/mol. The lowest BCUT2D eigenvalue weighted by Gasteiger charge is -2.31. The number of hydrogen-bond acceptors (Lipinski definition) is 7. The Hall–Kier alpha value is -3.27. The number of nitrogens with zero attached hydrogens (tertiary/aromatic N) is 4. The van der Waals surface area contributed by atoms with E-state index in [2.05, 4.69) is 27.5 Å². The van der Waals surface area contributed by atoms with Gasteiger partial charge in [0, 0.05) is 25.3 Å². The van der Waals surface area contributed by atoms with Gasteiger partial charge in [-0.15, -0.1) is 0 Å². The van der Waals surface area contributed by atoms with Crippen LogP contribution in [0, 0.1) is 5.92 Å². The number of amides is 2. The molecule has 1 atom stereocenters. The van der Waals surface area contributed by atoms with Crippen LogP contribution in [0.1, 0.15) is 32.3 Å². The second-order valence-corrected chi connectivity index (χ2v) is 9.08. The van der Waals surface area contributed by atoms with Gasteiger partial charge < -0.3 is 15.5 Å². The number of anilines is 2. The van der Waals surface area contributed by atoms with E-state index >= 15 is 0 Å². The van der Waals surface area contributed by atoms with E-state index in [1.165, 1.54) is 27.8 Å². The highest BCUT2D eigenvalue weighted by atomic mass is 32.1. The molecule has 0 saturated carbocycles. The number of aromatic nitrogens is 3. The zero-order chi connectivity index (χ0) is 23.4. The number of piperidine rings is 1. The summed E-state index contributed by atoms with van der Waals surface area (Å²) in [6.45, 7) is 5.80. The van der Waals surface area contributed by atoms with Crippen molar-refractivity contribution in [3.8, 4) is 0 Å². The van der Waals surface area contributed by atoms with Gasteiger partial charge in [-0.2, -0.15) is 4.98 Å². The Morgan fingerprint density at radius 1 is 1.21 bits per heavy atom. The van der Waals surface area contributed by atoms with E-state index in [0.29, 0.717) is 34.3 Å². The molecule has 9 nitrogen and oxygen atoms in total. The molecule has 0 radical (unpaired) electrons. The van der Waals surface area contributed by atoms with Gasteiger partial charge >= 0.3 is 0 Å². The summed E-state index contributed by atoms with van der Waals surface area (Å²) in [5, 5.41) is 6.38. The summed E-state index contributed by atoms with van der Waals surface area (Å²) in [6, 6.07) is 7.63. The first-order valence-corrected chi connectivity index (χ1v) is 12.1. The molecule has 1 aliphatic heterocycles. The van der Waals surface area contributed by atoms with Crippen molar-refractivity contribution >= 4 is 44.3 Å². The number of carbonyl (C=O) groups is 2. The van der Waals surface area contributed by atoms with Crippen molar-refractivity contribution in [1.82, 2.24) is 19.9 Å². The molecule has 2 amide bonds. The quantitative estimate of drug-likeness (QED) is 0.551. The smallest absolute Gasteiger partial charge is 0.273 e. The first-order chi connectivity index (χ1) is 16.0. The van der Waals surface area contributed by atoms with E-state index in [4.69, 9.17) is 0 Å². The second kappa shape index (κ2) is 10.1. The van der Waals surface area contributed by atoms with Crippen LogP contribution >= 0.6 is 11.3 Å². The highest BCUT2D eigenvalue weighted by molar-refractivity contribution is 7.22. The van der Waals surface area contributed by atoms with Crippen molar-refractivity contribution in [2.75, 3.05) is 29.9 Å². The Bertz CT molecular complexity index is 1200. The fraction of sp³-hybridized carbons (Fsp3) is 0.435. The molecular weight excluding hydrogens is 440 g/mol. The Morgan fingerprint density at radius 3 is 2.73 bits per heavy atom. The molecule has 0 aliphatic carbocycles. The Kier molecular flexibility index (Phi) is 7.02. The monoisotopic (exact) mass is 468 g/mol. The van der Waals surface area contributed by atoms with Crippen molar-refractivity contribution < 1.29 is 9.59 Å². The van der Waals surface area contributed by atoms with E-state index in [0.717, 1.165) is 25.8 Å². The van der Waals surface area contributed by atoms with Gasteiger partial charge in [0.25, 0.3) is 5.56 Å². The van der Waals surface area contributed by atoms with Crippen LogP contribution in [0.25, 0.3) is 10.3 Å². The standard InChI is InChI=1S/C23H28N6O3S/c1-3-15-7-9-17(10-8-15)26-18(30)13-29-14-25-20-19(22(29)32)33-23(27-20)28-11-5-6-16(12-28)21(31)24-4-2/h7-10,14,16H,3-6,11-13H2,1-2H3,(H,24,31)(H,26,30). The van der Waals surface area contributed by atoms with Crippen LogP contribution in [0.5, 0.6) is 0 Å². The second-order valence-electron chi connectivity index (χ2n) is 8.11. The molecule has 10 heteroatoms. The third kappa shape index (κ3) is 5.22. The maximum absolute atomic E-state index is 13.0. The highest BCUT2D eigenvalue weighted by Crippen LogP contribution is 2.29. The number of hydrogen-bond donors (Lipinski definition) is 2. The molecule has 1 aromatic carbocycles. The Labute approximate surface area is 195 Å². The number of nitrogens with one attached hydrogen (secondary N) is 2. The van der Waals surface area contributed by atoms with Crippen LogP contribution in [0.2, 0.25) is 0 Å². The van der Waals surface area contributed by atoms with Gasteiger partial charge in [-0.3, -0.25) is 19.0 Å². The lowest BCUT2D eigenvalue weighted by atomic mass is 9.97. The summed E-state index contributed by atoms with van der Waals surface area (Å²) in [5.74, 6) is -0.336. The van der Waals surface area contributed by atoms with Gasteiger partial charge in [0.2, 0.25) is 11.8 Å². The van der Waals surface area contributed by atoms with Crippen LogP contribution in [0.3, 0.4) is 0 Å². The molecule has 2 aromatic heterocycles. The summed E-state index contributed by atoms with van der Waals surface area (Å²) >= 11 is 1.26. The van der Waals surface area contributed by atoms with Gasteiger partial charge in [0.1, 0.15) is 17.6 Å². The van der Waals surface area contributed by atoms with Crippen molar-refractivity contribution in [2.24, 2.45) is 5.92 Å².